The highest BCUT2D eigenvalue weighted by atomic mass is 35.5. The van der Waals surface area contributed by atoms with E-state index >= 15 is 0 Å². The highest BCUT2D eigenvalue weighted by Crippen LogP contribution is 2.24. The third-order valence-electron chi connectivity index (χ3n) is 3.27. The lowest BCUT2D eigenvalue weighted by Crippen LogP contribution is -2.05. The van der Waals surface area contributed by atoms with Crippen molar-refractivity contribution in [3.05, 3.63) is 70.6 Å². The lowest BCUT2D eigenvalue weighted by atomic mass is 10.1. The van der Waals surface area contributed by atoms with Gasteiger partial charge in [-0.15, -0.1) is 5.10 Å². The molecule has 0 aliphatic carbocycles. The Labute approximate surface area is 131 Å². The fourth-order valence-corrected chi connectivity index (χ4v) is 2.40. The molecule has 0 bridgehead atoms. The largest absolute Gasteiger partial charge is 0.296 e. The van der Waals surface area contributed by atoms with Crippen LogP contribution < -0.4 is 0 Å². The Morgan fingerprint density at radius 3 is 2.55 bits per heavy atom. The SMILES string of the molecule is O=Cc1nnn(Cc2ccccc2Cl)c1-c1ccc(F)cc1. The number of hydrogen-bond acceptors (Lipinski definition) is 3. The molecule has 0 saturated carbocycles. The fraction of sp³-hybridized carbons (Fsp3) is 0.0625. The van der Waals surface area contributed by atoms with Crippen molar-refractivity contribution in [2.45, 2.75) is 6.54 Å². The van der Waals surface area contributed by atoms with Gasteiger partial charge in [0.05, 0.1) is 12.2 Å². The van der Waals surface area contributed by atoms with Crippen LogP contribution in [0.25, 0.3) is 11.3 Å². The van der Waals surface area contributed by atoms with Crippen molar-refractivity contribution in [2.24, 2.45) is 0 Å². The molecule has 1 heterocycles. The van der Waals surface area contributed by atoms with Crippen molar-refractivity contribution in [2.75, 3.05) is 0 Å². The monoisotopic (exact) mass is 315 g/mol. The van der Waals surface area contributed by atoms with Crippen LogP contribution >= 0.6 is 11.6 Å². The van der Waals surface area contributed by atoms with Gasteiger partial charge >= 0.3 is 0 Å². The number of carbonyl (C=O) groups is 1. The van der Waals surface area contributed by atoms with Crippen molar-refractivity contribution in [1.29, 1.82) is 0 Å². The molecule has 0 spiro atoms. The second-order valence-corrected chi connectivity index (χ2v) is 5.10. The number of hydrogen-bond donors (Lipinski definition) is 0. The van der Waals surface area contributed by atoms with Gasteiger partial charge < -0.3 is 0 Å². The van der Waals surface area contributed by atoms with Gasteiger partial charge in [0.15, 0.2) is 12.0 Å². The molecule has 0 aliphatic heterocycles. The van der Waals surface area contributed by atoms with Crippen LogP contribution in [-0.2, 0) is 6.54 Å². The van der Waals surface area contributed by atoms with Gasteiger partial charge in [-0.3, -0.25) is 4.79 Å². The fourth-order valence-electron chi connectivity index (χ4n) is 2.21. The molecule has 0 radical (unpaired) electrons. The van der Waals surface area contributed by atoms with E-state index in [0.717, 1.165) is 5.56 Å². The van der Waals surface area contributed by atoms with Crippen LogP contribution in [0.15, 0.2) is 48.5 Å². The Hall–Kier alpha value is -2.53. The van der Waals surface area contributed by atoms with Crippen LogP contribution in [0.4, 0.5) is 4.39 Å². The third kappa shape index (κ3) is 2.76. The zero-order valence-electron chi connectivity index (χ0n) is 11.4. The summed E-state index contributed by atoms with van der Waals surface area (Å²) in [5.74, 6) is -0.346. The van der Waals surface area contributed by atoms with Crippen molar-refractivity contribution >= 4 is 17.9 Å². The summed E-state index contributed by atoms with van der Waals surface area (Å²) < 4.78 is 14.7. The van der Waals surface area contributed by atoms with Gasteiger partial charge in [0.2, 0.25) is 0 Å². The van der Waals surface area contributed by atoms with E-state index in [1.165, 1.54) is 12.1 Å². The minimum atomic E-state index is -0.346. The molecule has 0 aliphatic rings. The standard InChI is InChI=1S/C16H11ClFN3O/c17-14-4-2-1-3-12(14)9-21-16(15(10-22)19-20-21)11-5-7-13(18)8-6-11/h1-8,10H,9H2. The molecule has 22 heavy (non-hydrogen) atoms. The minimum absolute atomic E-state index is 0.207. The van der Waals surface area contributed by atoms with Crippen LogP contribution in [-0.4, -0.2) is 21.3 Å². The van der Waals surface area contributed by atoms with Crippen LogP contribution in [0.2, 0.25) is 5.02 Å². The van der Waals surface area contributed by atoms with Crippen LogP contribution in [0.5, 0.6) is 0 Å². The smallest absolute Gasteiger partial charge is 0.172 e. The summed E-state index contributed by atoms with van der Waals surface area (Å²) in [7, 11) is 0. The Balaban J connectivity index is 2.06. The number of benzene rings is 2. The van der Waals surface area contributed by atoms with E-state index in [9.17, 15) is 9.18 Å². The maximum atomic E-state index is 13.1. The van der Waals surface area contributed by atoms with Crippen LogP contribution in [0.3, 0.4) is 0 Å². The quantitative estimate of drug-likeness (QED) is 0.691. The molecule has 0 unspecified atom stereocenters. The zero-order valence-corrected chi connectivity index (χ0v) is 12.2. The summed E-state index contributed by atoms with van der Waals surface area (Å²) in [6.07, 6.45) is 0.634. The Bertz CT molecular complexity index is 815. The van der Waals surface area contributed by atoms with Gasteiger partial charge in [0, 0.05) is 10.6 Å². The van der Waals surface area contributed by atoms with Gasteiger partial charge in [-0.1, -0.05) is 35.0 Å². The van der Waals surface area contributed by atoms with Gasteiger partial charge in [0.25, 0.3) is 0 Å². The normalized spacial score (nSPS) is 10.6. The molecule has 0 amide bonds. The zero-order chi connectivity index (χ0) is 15.5. The lowest BCUT2D eigenvalue weighted by Gasteiger charge is -2.08. The first-order chi connectivity index (χ1) is 10.7. The minimum Gasteiger partial charge on any atom is -0.296 e. The van der Waals surface area contributed by atoms with E-state index < -0.39 is 0 Å². The second kappa shape index (κ2) is 6.07. The molecule has 1 aromatic heterocycles. The molecule has 4 nitrogen and oxygen atoms in total. The molecule has 0 fully saturated rings. The van der Waals surface area contributed by atoms with E-state index in [-0.39, 0.29) is 11.5 Å². The number of aldehydes is 1. The van der Waals surface area contributed by atoms with E-state index in [2.05, 4.69) is 10.3 Å². The molecule has 2 aromatic carbocycles. The summed E-state index contributed by atoms with van der Waals surface area (Å²) >= 11 is 6.15. The van der Waals surface area contributed by atoms with Crippen molar-refractivity contribution < 1.29 is 9.18 Å². The lowest BCUT2D eigenvalue weighted by molar-refractivity contribution is 0.111. The summed E-state index contributed by atoms with van der Waals surface area (Å²) in [6.45, 7) is 0.368. The summed E-state index contributed by atoms with van der Waals surface area (Å²) in [5.41, 5.74) is 2.27. The summed E-state index contributed by atoms with van der Waals surface area (Å²) in [6, 6.07) is 13.2. The average Bonchev–Trinajstić information content (AvgIpc) is 2.93. The first kappa shape index (κ1) is 14.4. The van der Waals surface area contributed by atoms with Crippen molar-refractivity contribution in [3.63, 3.8) is 0 Å². The molecule has 0 atom stereocenters. The van der Waals surface area contributed by atoms with Gasteiger partial charge in [-0.2, -0.15) is 0 Å². The Morgan fingerprint density at radius 2 is 1.86 bits per heavy atom. The number of nitrogens with zero attached hydrogens (tertiary/aromatic N) is 3. The molecular weight excluding hydrogens is 305 g/mol. The predicted molar refractivity (Wildman–Crippen MR) is 81.4 cm³/mol. The molecule has 0 saturated heterocycles. The molecular formula is C16H11ClFN3O. The maximum absolute atomic E-state index is 13.1. The molecule has 3 aromatic rings. The van der Waals surface area contributed by atoms with Gasteiger partial charge in [-0.25, -0.2) is 9.07 Å². The number of aromatic nitrogens is 3. The Morgan fingerprint density at radius 1 is 1.14 bits per heavy atom. The molecule has 6 heteroatoms. The van der Waals surface area contributed by atoms with E-state index in [0.29, 0.717) is 29.1 Å². The van der Waals surface area contributed by atoms with Gasteiger partial charge in [-0.05, 0) is 35.9 Å². The van der Waals surface area contributed by atoms with Crippen molar-refractivity contribution in [1.82, 2.24) is 15.0 Å². The third-order valence-corrected chi connectivity index (χ3v) is 3.64. The highest BCUT2D eigenvalue weighted by molar-refractivity contribution is 6.31. The predicted octanol–water partition coefficient (Wildman–Crippen LogP) is 3.60. The molecule has 110 valence electrons. The van der Waals surface area contributed by atoms with Crippen LogP contribution in [0.1, 0.15) is 16.1 Å². The number of halogens is 2. The van der Waals surface area contributed by atoms with Crippen molar-refractivity contribution in [3.8, 4) is 11.3 Å². The molecule has 3 rings (SSSR count). The topological polar surface area (TPSA) is 47.8 Å². The average molecular weight is 316 g/mol. The number of rotatable bonds is 4. The number of carbonyl (C=O) groups excluding carboxylic acids is 1. The molecule has 0 N–H and O–H groups in total. The first-order valence-corrected chi connectivity index (χ1v) is 6.95. The highest BCUT2D eigenvalue weighted by Gasteiger charge is 2.15. The van der Waals surface area contributed by atoms with E-state index in [1.54, 1.807) is 22.9 Å². The maximum Gasteiger partial charge on any atom is 0.172 e. The summed E-state index contributed by atoms with van der Waals surface area (Å²) in [4.78, 5) is 11.2. The van der Waals surface area contributed by atoms with Crippen LogP contribution in [0, 0.1) is 5.82 Å². The second-order valence-electron chi connectivity index (χ2n) is 4.70. The Kier molecular flexibility index (Phi) is 3.98. The van der Waals surface area contributed by atoms with E-state index in [1.807, 2.05) is 18.2 Å². The van der Waals surface area contributed by atoms with Gasteiger partial charge in [0.1, 0.15) is 5.82 Å². The summed E-state index contributed by atoms with van der Waals surface area (Å²) in [5, 5.41) is 8.48. The van der Waals surface area contributed by atoms with E-state index in [4.69, 9.17) is 11.6 Å². The first-order valence-electron chi connectivity index (χ1n) is 6.57.